The van der Waals surface area contributed by atoms with Crippen molar-refractivity contribution in [2.24, 2.45) is 0 Å². The van der Waals surface area contributed by atoms with Crippen molar-refractivity contribution in [2.75, 3.05) is 6.54 Å². The molecule has 2 aliphatic heterocycles. The summed E-state index contributed by atoms with van der Waals surface area (Å²) in [6.45, 7) is 0.304. The zero-order chi connectivity index (χ0) is 20.3. The smallest absolute Gasteiger partial charge is 0.328 e. The number of carbonyl (C=O) groups excluding carboxylic acids is 3. The first kappa shape index (κ1) is 20.2. The molecule has 2 saturated heterocycles. The van der Waals surface area contributed by atoms with Gasteiger partial charge in [-0.1, -0.05) is 30.3 Å². The molecule has 2 aliphatic rings. The molecule has 0 bridgehead atoms. The number of carboxylic acids is 1. The summed E-state index contributed by atoms with van der Waals surface area (Å²) in [6.07, 6.45) is 1.38. The molecule has 0 aliphatic carbocycles. The van der Waals surface area contributed by atoms with E-state index in [1.54, 1.807) is 0 Å². The van der Waals surface area contributed by atoms with Gasteiger partial charge in [-0.3, -0.25) is 19.4 Å². The van der Waals surface area contributed by atoms with Crippen LogP contribution >= 0.6 is 12.6 Å². The van der Waals surface area contributed by atoms with Gasteiger partial charge >= 0.3 is 5.97 Å². The van der Waals surface area contributed by atoms with Gasteiger partial charge in [-0.25, -0.2) is 9.80 Å². The van der Waals surface area contributed by atoms with Gasteiger partial charge in [0.1, 0.15) is 6.04 Å². The third kappa shape index (κ3) is 4.30. The standard InChI is InChI=1S/C19H23N3O5S/c23-16-9-8-13(18(25)22-14(19(26)27)7-4-10-21(16)22)20-17(24)15(28)11-12-5-2-1-3-6-12/h1-3,5-6,13-15,28H,4,7-11H2,(H,20,24)(H,26,27)/t13-,14-,15-/m1/s1. The van der Waals surface area contributed by atoms with Crippen LogP contribution in [0.3, 0.4) is 0 Å². The first-order valence-corrected chi connectivity index (χ1v) is 9.78. The van der Waals surface area contributed by atoms with E-state index < -0.39 is 35.1 Å². The largest absolute Gasteiger partial charge is 0.480 e. The predicted molar refractivity (Wildman–Crippen MR) is 103 cm³/mol. The van der Waals surface area contributed by atoms with Crippen LogP contribution in [-0.2, 0) is 25.6 Å². The molecule has 150 valence electrons. The molecule has 3 atom stereocenters. The minimum atomic E-state index is -1.16. The van der Waals surface area contributed by atoms with E-state index in [-0.39, 0.29) is 25.2 Å². The normalized spacial score (nSPS) is 23.6. The van der Waals surface area contributed by atoms with Crippen molar-refractivity contribution in [3.8, 4) is 0 Å². The van der Waals surface area contributed by atoms with Gasteiger partial charge in [-0.15, -0.1) is 0 Å². The summed E-state index contributed by atoms with van der Waals surface area (Å²) in [5.74, 6) is -2.45. The van der Waals surface area contributed by atoms with E-state index in [0.29, 0.717) is 19.4 Å². The Hall–Kier alpha value is -2.55. The molecule has 0 radical (unpaired) electrons. The molecule has 1 aromatic rings. The van der Waals surface area contributed by atoms with Crippen molar-refractivity contribution >= 4 is 36.3 Å². The van der Waals surface area contributed by atoms with Gasteiger partial charge in [-0.05, 0) is 31.2 Å². The van der Waals surface area contributed by atoms with Gasteiger partial charge in [0, 0.05) is 13.0 Å². The average molecular weight is 405 g/mol. The summed E-state index contributed by atoms with van der Waals surface area (Å²) in [6, 6.07) is 7.33. The molecule has 8 nitrogen and oxygen atoms in total. The maximum atomic E-state index is 13.0. The summed E-state index contributed by atoms with van der Waals surface area (Å²) in [4.78, 5) is 49.5. The lowest BCUT2D eigenvalue weighted by Crippen LogP contribution is -2.62. The third-order valence-electron chi connectivity index (χ3n) is 5.04. The van der Waals surface area contributed by atoms with Crippen LogP contribution in [0.2, 0.25) is 0 Å². The number of amides is 3. The highest BCUT2D eigenvalue weighted by Gasteiger charge is 2.44. The van der Waals surface area contributed by atoms with Crippen molar-refractivity contribution in [3.63, 3.8) is 0 Å². The zero-order valence-corrected chi connectivity index (χ0v) is 16.2. The van der Waals surface area contributed by atoms with E-state index in [1.165, 1.54) is 5.01 Å². The number of nitrogens with one attached hydrogen (secondary N) is 1. The second-order valence-corrected chi connectivity index (χ2v) is 7.62. The number of nitrogens with zero attached hydrogens (tertiary/aromatic N) is 2. The molecular weight excluding hydrogens is 382 g/mol. The third-order valence-corrected chi connectivity index (χ3v) is 5.45. The highest BCUT2D eigenvalue weighted by atomic mass is 32.1. The van der Waals surface area contributed by atoms with E-state index in [0.717, 1.165) is 10.6 Å². The van der Waals surface area contributed by atoms with Gasteiger partial charge in [0.25, 0.3) is 5.91 Å². The molecule has 0 saturated carbocycles. The summed E-state index contributed by atoms with van der Waals surface area (Å²) in [5, 5.41) is 13.7. The quantitative estimate of drug-likeness (QED) is 0.623. The second kappa shape index (κ2) is 8.64. The molecule has 28 heavy (non-hydrogen) atoms. The number of hydrogen-bond acceptors (Lipinski definition) is 5. The average Bonchev–Trinajstić information content (AvgIpc) is 2.80. The number of benzene rings is 1. The number of thiol groups is 1. The van der Waals surface area contributed by atoms with Gasteiger partial charge in [0.05, 0.1) is 5.25 Å². The highest BCUT2D eigenvalue weighted by Crippen LogP contribution is 2.25. The van der Waals surface area contributed by atoms with Crippen LogP contribution in [0, 0.1) is 0 Å². The Balaban J connectivity index is 1.72. The molecule has 0 unspecified atom stereocenters. The summed E-state index contributed by atoms with van der Waals surface area (Å²) in [5.41, 5.74) is 0.938. The Kier molecular flexibility index (Phi) is 6.23. The first-order valence-electron chi connectivity index (χ1n) is 9.27. The molecular formula is C19H23N3O5S. The number of hydrazine groups is 1. The van der Waals surface area contributed by atoms with Gasteiger partial charge in [0.2, 0.25) is 11.8 Å². The number of rotatable bonds is 5. The lowest BCUT2D eigenvalue weighted by atomic mass is 10.1. The molecule has 0 aromatic heterocycles. The Morgan fingerprint density at radius 1 is 1.21 bits per heavy atom. The number of aliphatic carboxylic acids is 1. The van der Waals surface area contributed by atoms with E-state index in [4.69, 9.17) is 0 Å². The Morgan fingerprint density at radius 2 is 1.93 bits per heavy atom. The fourth-order valence-corrected chi connectivity index (χ4v) is 3.88. The second-order valence-electron chi connectivity index (χ2n) is 7.00. The van der Waals surface area contributed by atoms with Crippen molar-refractivity contribution < 1.29 is 24.3 Å². The van der Waals surface area contributed by atoms with Crippen LogP contribution in [0.15, 0.2) is 30.3 Å². The lowest BCUT2D eigenvalue weighted by Gasteiger charge is -2.41. The van der Waals surface area contributed by atoms with Crippen molar-refractivity contribution in [1.82, 2.24) is 15.3 Å². The summed E-state index contributed by atoms with van der Waals surface area (Å²) >= 11 is 4.34. The highest BCUT2D eigenvalue weighted by molar-refractivity contribution is 7.81. The summed E-state index contributed by atoms with van der Waals surface area (Å²) in [7, 11) is 0. The maximum Gasteiger partial charge on any atom is 0.328 e. The zero-order valence-electron chi connectivity index (χ0n) is 15.3. The van der Waals surface area contributed by atoms with Crippen LogP contribution in [-0.4, -0.2) is 62.7 Å². The minimum Gasteiger partial charge on any atom is -0.480 e. The molecule has 3 amide bonds. The maximum absolute atomic E-state index is 13.0. The van der Waals surface area contributed by atoms with E-state index in [9.17, 15) is 24.3 Å². The van der Waals surface area contributed by atoms with Crippen LogP contribution in [0.5, 0.6) is 0 Å². The van der Waals surface area contributed by atoms with Crippen LogP contribution in [0.4, 0.5) is 0 Å². The monoisotopic (exact) mass is 405 g/mol. The van der Waals surface area contributed by atoms with Crippen molar-refractivity contribution in [2.45, 2.75) is 49.4 Å². The number of fused-ring (bicyclic) bond motifs is 1. The molecule has 2 heterocycles. The van der Waals surface area contributed by atoms with Crippen LogP contribution in [0.25, 0.3) is 0 Å². The number of carboxylic acid groups (broad SMARTS) is 1. The molecule has 2 N–H and O–H groups in total. The molecule has 3 rings (SSSR count). The van der Waals surface area contributed by atoms with E-state index in [2.05, 4.69) is 17.9 Å². The van der Waals surface area contributed by atoms with E-state index in [1.807, 2.05) is 30.3 Å². The van der Waals surface area contributed by atoms with Crippen molar-refractivity contribution in [1.29, 1.82) is 0 Å². The molecule has 0 spiro atoms. The fourth-order valence-electron chi connectivity index (χ4n) is 3.59. The SMILES string of the molecule is O=C(N[C@@H]1CCC(=O)N2CCC[C@H](C(=O)O)N2C1=O)[C@H](S)Cc1ccccc1. The number of hydrogen-bond donors (Lipinski definition) is 3. The van der Waals surface area contributed by atoms with Crippen LogP contribution in [0.1, 0.15) is 31.2 Å². The molecule has 1 aromatic carbocycles. The first-order chi connectivity index (χ1) is 13.4. The Morgan fingerprint density at radius 3 is 2.61 bits per heavy atom. The van der Waals surface area contributed by atoms with Gasteiger partial charge in [-0.2, -0.15) is 12.6 Å². The summed E-state index contributed by atoms with van der Waals surface area (Å²) < 4.78 is 0. The fraction of sp³-hybridized carbons (Fsp3) is 0.474. The topological polar surface area (TPSA) is 107 Å². The Bertz CT molecular complexity index is 772. The minimum absolute atomic E-state index is 0.0649. The van der Waals surface area contributed by atoms with E-state index >= 15 is 0 Å². The molecule has 2 fully saturated rings. The van der Waals surface area contributed by atoms with Gasteiger partial charge < -0.3 is 10.4 Å². The Labute approximate surface area is 168 Å². The molecule has 9 heteroatoms. The predicted octanol–water partition coefficient (Wildman–Crippen LogP) is 0.625. The van der Waals surface area contributed by atoms with Gasteiger partial charge in [0.15, 0.2) is 6.04 Å². The van der Waals surface area contributed by atoms with Crippen LogP contribution < -0.4 is 5.32 Å². The number of carbonyl (C=O) groups is 4. The lowest BCUT2D eigenvalue weighted by molar-refractivity contribution is -0.180. The van der Waals surface area contributed by atoms with Crippen molar-refractivity contribution in [3.05, 3.63) is 35.9 Å².